The Bertz CT molecular complexity index is 273. The fourth-order valence-corrected chi connectivity index (χ4v) is 3.79. The molecule has 0 bridgehead atoms. The van der Waals surface area contributed by atoms with Crippen LogP contribution < -0.4 is 0 Å². The van der Waals surface area contributed by atoms with Crippen molar-refractivity contribution in [1.29, 1.82) is 0 Å². The molecule has 108 valence electrons. The van der Waals surface area contributed by atoms with Crippen molar-refractivity contribution in [1.82, 2.24) is 4.90 Å². The van der Waals surface area contributed by atoms with Crippen molar-refractivity contribution in [2.45, 2.75) is 53.0 Å². The first-order chi connectivity index (χ1) is 8.45. The van der Waals surface area contributed by atoms with Crippen LogP contribution in [0, 0.1) is 17.8 Å². The standard InChI is InChI=1S/C14H29NO2S/c1-5-6-14(10-18(16)17)13(4)15-8-7-11(2)12(3)9-15/h11-14H,5-10H2,1-4H3,(H,16,17). The Labute approximate surface area is 115 Å². The predicted octanol–water partition coefficient (Wildman–Crippen LogP) is 2.99. The summed E-state index contributed by atoms with van der Waals surface area (Å²) in [5, 5.41) is 0. The van der Waals surface area contributed by atoms with E-state index in [1.54, 1.807) is 0 Å². The number of hydrogen-bond acceptors (Lipinski definition) is 2. The minimum Gasteiger partial charge on any atom is -0.306 e. The van der Waals surface area contributed by atoms with Crippen molar-refractivity contribution < 1.29 is 8.76 Å². The lowest BCUT2D eigenvalue weighted by molar-refractivity contribution is 0.0768. The van der Waals surface area contributed by atoms with Crippen molar-refractivity contribution in [2.75, 3.05) is 18.8 Å². The van der Waals surface area contributed by atoms with Gasteiger partial charge in [0.05, 0.1) is 5.75 Å². The van der Waals surface area contributed by atoms with Gasteiger partial charge in [-0.1, -0.05) is 27.2 Å². The number of piperidine rings is 1. The van der Waals surface area contributed by atoms with Crippen LogP contribution in [0.15, 0.2) is 0 Å². The molecule has 4 heteroatoms. The molecule has 5 unspecified atom stereocenters. The largest absolute Gasteiger partial charge is 0.306 e. The highest BCUT2D eigenvalue weighted by Gasteiger charge is 2.30. The summed E-state index contributed by atoms with van der Waals surface area (Å²) >= 11 is -1.66. The third kappa shape index (κ3) is 4.63. The maximum absolute atomic E-state index is 11.1. The van der Waals surface area contributed by atoms with Gasteiger partial charge in [0.25, 0.3) is 0 Å². The van der Waals surface area contributed by atoms with Crippen molar-refractivity contribution in [3.63, 3.8) is 0 Å². The minimum atomic E-state index is -1.66. The van der Waals surface area contributed by atoms with Gasteiger partial charge in [-0.15, -0.1) is 0 Å². The predicted molar refractivity (Wildman–Crippen MR) is 78.0 cm³/mol. The molecule has 5 atom stereocenters. The Hall–Kier alpha value is 0.0700. The van der Waals surface area contributed by atoms with Crippen LogP contribution in [-0.4, -0.2) is 38.5 Å². The van der Waals surface area contributed by atoms with E-state index in [1.807, 2.05) is 0 Å². The van der Waals surface area contributed by atoms with Crippen LogP contribution in [0.3, 0.4) is 0 Å². The SMILES string of the molecule is CCCC(CS(=O)O)C(C)N1CCC(C)C(C)C1. The molecule has 0 spiro atoms. The summed E-state index contributed by atoms with van der Waals surface area (Å²) in [7, 11) is 0. The number of likely N-dealkylation sites (tertiary alicyclic amines) is 1. The summed E-state index contributed by atoms with van der Waals surface area (Å²) in [4.78, 5) is 2.53. The van der Waals surface area contributed by atoms with Gasteiger partial charge in [0.15, 0.2) is 11.1 Å². The van der Waals surface area contributed by atoms with Gasteiger partial charge in [0.1, 0.15) is 0 Å². The van der Waals surface area contributed by atoms with Gasteiger partial charge < -0.3 is 9.45 Å². The lowest BCUT2D eigenvalue weighted by Crippen LogP contribution is -2.47. The molecule has 0 aromatic rings. The quantitative estimate of drug-likeness (QED) is 0.758. The van der Waals surface area contributed by atoms with Gasteiger partial charge in [-0.25, -0.2) is 4.21 Å². The molecule has 0 radical (unpaired) electrons. The van der Waals surface area contributed by atoms with Gasteiger partial charge >= 0.3 is 0 Å². The summed E-state index contributed by atoms with van der Waals surface area (Å²) in [5.41, 5.74) is 0. The molecule has 0 aromatic carbocycles. The number of hydrogen-bond donors (Lipinski definition) is 1. The van der Waals surface area contributed by atoms with Crippen LogP contribution in [0.1, 0.15) is 47.0 Å². The third-order valence-corrected chi connectivity index (χ3v) is 5.35. The summed E-state index contributed by atoms with van der Waals surface area (Å²) in [6.07, 6.45) is 3.40. The Kier molecular flexibility index (Phi) is 6.82. The molecule has 0 amide bonds. The summed E-state index contributed by atoms with van der Waals surface area (Å²) in [5.74, 6) is 2.32. The van der Waals surface area contributed by atoms with E-state index in [9.17, 15) is 4.21 Å². The molecule has 0 aliphatic carbocycles. The molecule has 3 nitrogen and oxygen atoms in total. The maximum atomic E-state index is 11.1. The van der Waals surface area contributed by atoms with E-state index in [2.05, 4.69) is 32.6 Å². The minimum absolute atomic E-state index is 0.349. The Morgan fingerprint density at radius 3 is 2.56 bits per heavy atom. The normalized spacial score (nSPS) is 30.9. The van der Waals surface area contributed by atoms with Gasteiger partial charge in [0, 0.05) is 12.6 Å². The van der Waals surface area contributed by atoms with Crippen molar-refractivity contribution >= 4 is 11.1 Å². The zero-order valence-electron chi connectivity index (χ0n) is 12.3. The molecule has 0 aromatic heterocycles. The van der Waals surface area contributed by atoms with E-state index >= 15 is 0 Å². The Balaban J connectivity index is 2.58. The van der Waals surface area contributed by atoms with Crippen molar-refractivity contribution in [2.24, 2.45) is 17.8 Å². The Morgan fingerprint density at radius 1 is 1.39 bits per heavy atom. The van der Waals surface area contributed by atoms with Gasteiger partial charge in [-0.05, 0) is 44.1 Å². The van der Waals surface area contributed by atoms with E-state index in [0.29, 0.717) is 17.7 Å². The zero-order valence-corrected chi connectivity index (χ0v) is 13.1. The molecule has 1 saturated heterocycles. The lowest BCUT2D eigenvalue weighted by atomic mass is 9.86. The molecular weight excluding hydrogens is 246 g/mol. The first-order valence-corrected chi connectivity index (χ1v) is 8.54. The van der Waals surface area contributed by atoms with Crippen molar-refractivity contribution in [3.05, 3.63) is 0 Å². The number of rotatable bonds is 6. The fourth-order valence-electron chi connectivity index (χ4n) is 2.98. The van der Waals surface area contributed by atoms with Crippen LogP contribution in [0.2, 0.25) is 0 Å². The fraction of sp³-hybridized carbons (Fsp3) is 1.00. The molecule has 1 heterocycles. The summed E-state index contributed by atoms with van der Waals surface area (Å²) in [6.45, 7) is 11.3. The highest BCUT2D eigenvalue weighted by molar-refractivity contribution is 7.79. The molecule has 1 aliphatic rings. The first kappa shape index (κ1) is 16.1. The van der Waals surface area contributed by atoms with Crippen molar-refractivity contribution in [3.8, 4) is 0 Å². The van der Waals surface area contributed by atoms with Gasteiger partial charge in [0.2, 0.25) is 0 Å². The van der Waals surface area contributed by atoms with Crippen LogP contribution in [0.4, 0.5) is 0 Å². The Morgan fingerprint density at radius 2 is 2.06 bits per heavy atom. The smallest absolute Gasteiger partial charge is 0.153 e. The topological polar surface area (TPSA) is 40.5 Å². The molecule has 1 N–H and O–H groups in total. The highest BCUT2D eigenvalue weighted by Crippen LogP contribution is 2.27. The van der Waals surface area contributed by atoms with E-state index in [-0.39, 0.29) is 0 Å². The van der Waals surface area contributed by atoms with E-state index in [0.717, 1.165) is 37.8 Å². The molecular formula is C14H29NO2S. The van der Waals surface area contributed by atoms with Crippen LogP contribution in [-0.2, 0) is 11.1 Å². The lowest BCUT2D eigenvalue weighted by Gasteiger charge is -2.41. The molecule has 18 heavy (non-hydrogen) atoms. The van der Waals surface area contributed by atoms with Crippen LogP contribution in [0.25, 0.3) is 0 Å². The average molecular weight is 275 g/mol. The zero-order chi connectivity index (χ0) is 13.7. The van der Waals surface area contributed by atoms with Gasteiger partial charge in [-0.2, -0.15) is 0 Å². The molecule has 1 aliphatic heterocycles. The summed E-state index contributed by atoms with van der Waals surface area (Å²) < 4.78 is 20.2. The number of nitrogens with zero attached hydrogens (tertiary/aromatic N) is 1. The second-order valence-electron chi connectivity index (χ2n) is 6.02. The van der Waals surface area contributed by atoms with E-state index in [1.165, 1.54) is 6.42 Å². The molecule has 0 saturated carbocycles. The van der Waals surface area contributed by atoms with E-state index in [4.69, 9.17) is 4.55 Å². The third-order valence-electron chi connectivity index (χ3n) is 4.64. The summed E-state index contributed by atoms with van der Waals surface area (Å²) in [6, 6.07) is 0.427. The monoisotopic (exact) mass is 275 g/mol. The molecule has 1 fully saturated rings. The second kappa shape index (κ2) is 7.61. The molecule has 1 rings (SSSR count). The van der Waals surface area contributed by atoms with Gasteiger partial charge in [-0.3, -0.25) is 0 Å². The van der Waals surface area contributed by atoms with Crippen LogP contribution in [0.5, 0.6) is 0 Å². The first-order valence-electron chi connectivity index (χ1n) is 7.27. The van der Waals surface area contributed by atoms with E-state index < -0.39 is 11.1 Å². The second-order valence-corrected chi connectivity index (χ2v) is 6.99. The maximum Gasteiger partial charge on any atom is 0.153 e. The average Bonchev–Trinajstić information content (AvgIpc) is 2.31. The van der Waals surface area contributed by atoms with Crippen LogP contribution >= 0.6 is 0 Å². The highest BCUT2D eigenvalue weighted by atomic mass is 32.2.